The highest BCUT2D eigenvalue weighted by Gasteiger charge is 2.42. The normalized spacial score (nSPS) is 25.2. The Balaban J connectivity index is 1.61. The van der Waals surface area contributed by atoms with Crippen LogP contribution in [-0.4, -0.2) is 54.6 Å². The van der Waals surface area contributed by atoms with Crippen LogP contribution in [0.4, 0.5) is 0 Å². The van der Waals surface area contributed by atoms with Gasteiger partial charge in [0.2, 0.25) is 10.0 Å². The topological polar surface area (TPSA) is 75.9 Å². The Bertz CT molecular complexity index is 937. The Labute approximate surface area is 166 Å². The number of hydrogen-bond acceptors (Lipinski definition) is 6. The van der Waals surface area contributed by atoms with E-state index in [1.54, 1.807) is 22.5 Å². The van der Waals surface area contributed by atoms with Crippen LogP contribution in [0.2, 0.25) is 0 Å². The van der Waals surface area contributed by atoms with E-state index in [4.69, 9.17) is 9.26 Å². The van der Waals surface area contributed by atoms with Gasteiger partial charge in [0.05, 0.1) is 11.7 Å². The minimum atomic E-state index is -3.57. The Morgan fingerprint density at radius 3 is 2.64 bits per heavy atom. The molecule has 0 aliphatic carbocycles. The first kappa shape index (κ1) is 19.4. The van der Waals surface area contributed by atoms with Crippen LogP contribution in [0, 0.1) is 13.8 Å². The molecule has 2 aliphatic rings. The van der Waals surface area contributed by atoms with Gasteiger partial charge in [-0.15, -0.1) is 0 Å². The largest absolute Gasteiger partial charge is 0.487 e. The number of aryl methyl sites for hydroxylation is 2. The molecule has 0 saturated carbocycles. The summed E-state index contributed by atoms with van der Waals surface area (Å²) in [6, 6.07) is 6.81. The van der Waals surface area contributed by atoms with Gasteiger partial charge in [0.25, 0.3) is 0 Å². The van der Waals surface area contributed by atoms with Crippen LogP contribution in [0.1, 0.15) is 36.8 Å². The van der Waals surface area contributed by atoms with Gasteiger partial charge in [0, 0.05) is 31.7 Å². The summed E-state index contributed by atoms with van der Waals surface area (Å²) in [4.78, 5) is 2.62. The maximum atomic E-state index is 13.3. The first-order chi connectivity index (χ1) is 13.4. The van der Waals surface area contributed by atoms with Crippen molar-refractivity contribution >= 4 is 10.0 Å². The zero-order valence-electron chi connectivity index (χ0n) is 16.6. The predicted octanol–water partition coefficient (Wildman–Crippen LogP) is 2.73. The standard InChI is InChI=1S/C20H27N3O4S/c1-4-23-17-9-11-22(13-16-14(2)21-27-15(16)3)12-10-18(17)26-19-7-5-6-8-20(19)28(23,24)25/h5-8,17-18H,4,9-13H2,1-3H3/t17-,18-/m0/s1. The third-order valence-corrected chi connectivity index (χ3v) is 7.90. The fraction of sp³-hybridized carbons (Fsp3) is 0.550. The van der Waals surface area contributed by atoms with Gasteiger partial charge in [-0.2, -0.15) is 4.31 Å². The van der Waals surface area contributed by atoms with Gasteiger partial charge >= 0.3 is 0 Å². The summed E-state index contributed by atoms with van der Waals surface area (Å²) in [7, 11) is -3.57. The minimum absolute atomic E-state index is 0.159. The second kappa shape index (κ2) is 7.50. The van der Waals surface area contributed by atoms with Crippen molar-refractivity contribution in [3.8, 4) is 5.75 Å². The number of para-hydroxylation sites is 1. The molecule has 8 heteroatoms. The van der Waals surface area contributed by atoms with Gasteiger partial charge in [-0.3, -0.25) is 4.90 Å². The second-order valence-corrected chi connectivity index (χ2v) is 9.39. The molecule has 28 heavy (non-hydrogen) atoms. The van der Waals surface area contributed by atoms with E-state index in [1.165, 1.54) is 0 Å². The molecule has 1 aromatic heterocycles. The zero-order valence-corrected chi connectivity index (χ0v) is 17.4. The third kappa shape index (κ3) is 3.33. The van der Waals surface area contributed by atoms with Gasteiger partial charge in [-0.1, -0.05) is 24.2 Å². The quantitative estimate of drug-likeness (QED) is 0.782. The molecular weight excluding hydrogens is 378 g/mol. The molecule has 4 rings (SSSR count). The highest BCUT2D eigenvalue weighted by atomic mass is 32.2. The van der Waals surface area contributed by atoms with Crippen LogP contribution >= 0.6 is 0 Å². The van der Waals surface area contributed by atoms with Crippen LogP contribution in [0.5, 0.6) is 5.75 Å². The highest BCUT2D eigenvalue weighted by Crippen LogP contribution is 2.36. The molecule has 7 nitrogen and oxygen atoms in total. The molecule has 3 heterocycles. The molecule has 152 valence electrons. The molecule has 1 saturated heterocycles. The number of ether oxygens (including phenoxy) is 1. The summed E-state index contributed by atoms with van der Waals surface area (Å²) in [6.07, 6.45) is 1.34. The van der Waals surface area contributed by atoms with Crippen molar-refractivity contribution in [3.05, 3.63) is 41.3 Å². The molecule has 1 aromatic carbocycles. The van der Waals surface area contributed by atoms with E-state index in [9.17, 15) is 8.42 Å². The lowest BCUT2D eigenvalue weighted by atomic mass is 10.1. The fourth-order valence-electron chi connectivity index (χ4n) is 4.32. The van der Waals surface area contributed by atoms with E-state index >= 15 is 0 Å². The second-order valence-electron chi connectivity index (χ2n) is 7.53. The fourth-order valence-corrected chi connectivity index (χ4v) is 6.13. The lowest BCUT2D eigenvalue weighted by molar-refractivity contribution is 0.115. The van der Waals surface area contributed by atoms with Crippen molar-refractivity contribution in [3.63, 3.8) is 0 Å². The lowest BCUT2D eigenvalue weighted by Crippen LogP contribution is -2.46. The van der Waals surface area contributed by atoms with Crippen molar-refractivity contribution in [2.75, 3.05) is 19.6 Å². The summed E-state index contributed by atoms with van der Waals surface area (Å²) < 4.78 is 39.7. The summed E-state index contributed by atoms with van der Waals surface area (Å²) in [5.74, 6) is 1.31. The number of aromatic nitrogens is 1. The van der Waals surface area contributed by atoms with Gasteiger partial charge in [0.1, 0.15) is 22.5 Å². The van der Waals surface area contributed by atoms with E-state index < -0.39 is 10.0 Å². The van der Waals surface area contributed by atoms with Crippen molar-refractivity contribution in [2.24, 2.45) is 0 Å². The van der Waals surface area contributed by atoms with Crippen LogP contribution in [0.25, 0.3) is 0 Å². The smallest absolute Gasteiger partial charge is 0.247 e. The number of rotatable bonds is 3. The number of likely N-dealkylation sites (N-methyl/N-ethyl adjacent to an activating group) is 1. The summed E-state index contributed by atoms with van der Waals surface area (Å²) in [6.45, 7) is 8.62. The molecule has 0 bridgehead atoms. The van der Waals surface area contributed by atoms with Gasteiger partial charge in [-0.25, -0.2) is 8.42 Å². The van der Waals surface area contributed by atoms with E-state index in [2.05, 4.69) is 10.1 Å². The molecule has 0 radical (unpaired) electrons. The maximum Gasteiger partial charge on any atom is 0.247 e. The first-order valence-electron chi connectivity index (χ1n) is 9.83. The molecule has 0 unspecified atom stereocenters. The van der Waals surface area contributed by atoms with Crippen molar-refractivity contribution in [2.45, 2.75) is 57.2 Å². The number of nitrogens with zero attached hydrogens (tertiary/aromatic N) is 3. The molecule has 2 aromatic rings. The number of sulfonamides is 1. The average Bonchev–Trinajstić information content (AvgIpc) is 2.83. The van der Waals surface area contributed by atoms with Crippen molar-refractivity contribution < 1.29 is 17.7 Å². The molecule has 0 N–H and O–H groups in total. The van der Waals surface area contributed by atoms with E-state index in [1.807, 2.05) is 26.8 Å². The Kier molecular flexibility index (Phi) is 5.20. The average molecular weight is 406 g/mol. The molecular formula is C20H27N3O4S. The molecule has 2 atom stereocenters. The predicted molar refractivity (Wildman–Crippen MR) is 105 cm³/mol. The minimum Gasteiger partial charge on any atom is -0.487 e. The van der Waals surface area contributed by atoms with E-state index in [0.717, 1.165) is 49.5 Å². The SMILES string of the molecule is CCN1[C@H]2CCN(Cc3c(C)noc3C)CC[C@@H]2Oc2ccccc2S1(=O)=O. The zero-order chi connectivity index (χ0) is 19.9. The lowest BCUT2D eigenvalue weighted by Gasteiger charge is -2.30. The van der Waals surface area contributed by atoms with Crippen LogP contribution < -0.4 is 4.74 Å². The number of likely N-dealkylation sites (tertiary alicyclic amines) is 1. The summed E-state index contributed by atoms with van der Waals surface area (Å²) in [5, 5.41) is 4.05. The first-order valence-corrected chi connectivity index (χ1v) is 11.3. The third-order valence-electron chi connectivity index (χ3n) is 5.86. The molecule has 0 spiro atoms. The Morgan fingerprint density at radius 2 is 1.93 bits per heavy atom. The molecule has 2 aliphatic heterocycles. The Morgan fingerprint density at radius 1 is 1.18 bits per heavy atom. The van der Waals surface area contributed by atoms with Gasteiger partial charge in [0.15, 0.2) is 0 Å². The van der Waals surface area contributed by atoms with Gasteiger partial charge in [-0.05, 0) is 38.8 Å². The van der Waals surface area contributed by atoms with E-state index in [0.29, 0.717) is 12.3 Å². The summed E-state index contributed by atoms with van der Waals surface area (Å²) >= 11 is 0. The number of hydrogen-bond donors (Lipinski definition) is 0. The van der Waals surface area contributed by atoms with Gasteiger partial charge < -0.3 is 9.26 Å². The summed E-state index contributed by atoms with van der Waals surface area (Å²) in [5.41, 5.74) is 2.03. The Hall–Kier alpha value is -1.90. The monoisotopic (exact) mass is 405 g/mol. The number of fused-ring (bicyclic) bond motifs is 2. The van der Waals surface area contributed by atoms with E-state index in [-0.39, 0.29) is 17.0 Å². The van der Waals surface area contributed by atoms with Crippen LogP contribution in [-0.2, 0) is 16.6 Å². The van der Waals surface area contributed by atoms with Crippen molar-refractivity contribution in [1.29, 1.82) is 0 Å². The molecule has 1 fully saturated rings. The molecule has 0 amide bonds. The highest BCUT2D eigenvalue weighted by molar-refractivity contribution is 7.89. The van der Waals surface area contributed by atoms with Crippen LogP contribution in [0.15, 0.2) is 33.7 Å². The maximum absolute atomic E-state index is 13.3. The van der Waals surface area contributed by atoms with Crippen LogP contribution in [0.3, 0.4) is 0 Å². The van der Waals surface area contributed by atoms with Crippen molar-refractivity contribution in [1.82, 2.24) is 14.4 Å². The number of benzene rings is 1.